The third-order valence-electron chi connectivity index (χ3n) is 4.20. The number of hydrogen-bond donors (Lipinski definition) is 0. The molecule has 0 radical (unpaired) electrons. The molecule has 0 aromatic carbocycles. The molecular weight excluding hydrogens is 321 g/mol. The first-order valence-electron chi connectivity index (χ1n) is 7.67. The maximum absolute atomic E-state index is 12.9. The van der Waals surface area contributed by atoms with Crippen LogP contribution in [0.4, 0.5) is 13.2 Å². The van der Waals surface area contributed by atoms with Gasteiger partial charge in [0, 0.05) is 31.0 Å². The van der Waals surface area contributed by atoms with E-state index in [1.807, 2.05) is 0 Å². The summed E-state index contributed by atoms with van der Waals surface area (Å²) >= 11 is 0. The maximum atomic E-state index is 12.9. The van der Waals surface area contributed by atoms with E-state index in [-0.39, 0.29) is 11.7 Å². The minimum Gasteiger partial charge on any atom is -0.325 e. The number of nitrogens with zero attached hydrogens (tertiary/aromatic N) is 4. The van der Waals surface area contributed by atoms with Gasteiger partial charge in [0.25, 0.3) is 5.91 Å². The van der Waals surface area contributed by atoms with E-state index in [1.165, 1.54) is 10.7 Å². The zero-order valence-corrected chi connectivity index (χ0v) is 13.1. The van der Waals surface area contributed by atoms with E-state index >= 15 is 0 Å². The lowest BCUT2D eigenvalue weighted by atomic mass is 9.91. The minimum atomic E-state index is -4.42. The summed E-state index contributed by atoms with van der Waals surface area (Å²) in [6.07, 6.45) is 0.831. The van der Waals surface area contributed by atoms with Gasteiger partial charge in [-0.05, 0) is 37.5 Å². The molecule has 1 amide bonds. The normalized spacial score (nSPS) is 15.2. The Hall–Kier alpha value is -2.38. The fraction of sp³-hybridized carbons (Fsp3) is 0.438. The highest BCUT2D eigenvalue weighted by Crippen LogP contribution is 2.30. The van der Waals surface area contributed by atoms with Crippen molar-refractivity contribution in [3.05, 3.63) is 36.3 Å². The molecule has 2 aromatic heterocycles. The molecule has 3 rings (SSSR count). The van der Waals surface area contributed by atoms with Crippen LogP contribution in [0.15, 0.2) is 30.6 Å². The third-order valence-corrected chi connectivity index (χ3v) is 4.20. The molecule has 5 nitrogen and oxygen atoms in total. The van der Waals surface area contributed by atoms with E-state index in [0.717, 1.165) is 16.9 Å². The fourth-order valence-corrected chi connectivity index (χ4v) is 2.74. The number of hydrogen-bond acceptors (Lipinski definition) is 3. The van der Waals surface area contributed by atoms with E-state index in [2.05, 4.69) is 10.1 Å². The molecule has 128 valence electrons. The highest BCUT2D eigenvalue weighted by atomic mass is 19.4. The monoisotopic (exact) mass is 338 g/mol. The summed E-state index contributed by atoms with van der Waals surface area (Å²) in [6, 6.07) is 4.64. The minimum absolute atomic E-state index is 0.151. The Morgan fingerprint density at radius 1 is 1.33 bits per heavy atom. The molecule has 1 aliphatic rings. The zero-order valence-electron chi connectivity index (χ0n) is 13.1. The Morgan fingerprint density at radius 2 is 2.00 bits per heavy atom. The molecule has 1 aliphatic carbocycles. The van der Waals surface area contributed by atoms with Gasteiger partial charge in [-0.2, -0.15) is 18.3 Å². The van der Waals surface area contributed by atoms with Gasteiger partial charge in [-0.1, -0.05) is 0 Å². The second-order valence-corrected chi connectivity index (χ2v) is 5.91. The molecular formula is C16H17F3N4O. The molecule has 0 spiro atoms. The molecule has 2 heterocycles. The van der Waals surface area contributed by atoms with Crippen LogP contribution in [-0.4, -0.2) is 44.3 Å². The van der Waals surface area contributed by atoms with Crippen LogP contribution in [0.2, 0.25) is 0 Å². The number of carbonyl (C=O) groups is 1. The van der Waals surface area contributed by atoms with Gasteiger partial charge >= 0.3 is 6.18 Å². The average Bonchev–Trinajstić information content (AvgIpc) is 2.85. The highest BCUT2D eigenvalue weighted by molar-refractivity contribution is 5.94. The fourth-order valence-electron chi connectivity index (χ4n) is 2.74. The SMILES string of the molecule is Cn1nc(-c2ccncc2)cc1C(=O)N(CC(F)(F)F)C1CCC1. The largest absolute Gasteiger partial charge is 0.406 e. The van der Waals surface area contributed by atoms with Gasteiger partial charge < -0.3 is 4.90 Å². The van der Waals surface area contributed by atoms with Crippen molar-refractivity contribution < 1.29 is 18.0 Å². The van der Waals surface area contributed by atoms with Crippen LogP contribution in [-0.2, 0) is 7.05 Å². The number of alkyl halides is 3. The third kappa shape index (κ3) is 3.42. The van der Waals surface area contributed by atoms with Crippen LogP contribution in [0, 0.1) is 0 Å². The van der Waals surface area contributed by atoms with Crippen molar-refractivity contribution >= 4 is 5.91 Å². The summed E-state index contributed by atoms with van der Waals surface area (Å²) in [7, 11) is 1.56. The smallest absolute Gasteiger partial charge is 0.325 e. The standard InChI is InChI=1S/C16H17F3N4O/c1-22-14(9-13(21-22)11-5-7-20-8-6-11)15(24)23(10-16(17,18)19)12-3-2-4-12/h5-9,12H,2-4,10H2,1H3. The molecule has 0 bridgehead atoms. The van der Waals surface area contributed by atoms with E-state index in [1.54, 1.807) is 31.6 Å². The van der Waals surface area contributed by atoms with Gasteiger partial charge in [-0.3, -0.25) is 14.5 Å². The summed E-state index contributed by atoms with van der Waals surface area (Å²) < 4.78 is 39.9. The number of halogens is 3. The number of aryl methyl sites for hydroxylation is 1. The van der Waals surface area contributed by atoms with E-state index < -0.39 is 18.6 Å². The number of aromatic nitrogens is 3. The van der Waals surface area contributed by atoms with Crippen LogP contribution in [0.25, 0.3) is 11.3 Å². The summed E-state index contributed by atoms with van der Waals surface area (Å²) in [4.78, 5) is 17.5. The van der Waals surface area contributed by atoms with Crippen molar-refractivity contribution in [2.45, 2.75) is 31.5 Å². The Bertz CT molecular complexity index is 723. The van der Waals surface area contributed by atoms with Crippen LogP contribution >= 0.6 is 0 Å². The predicted molar refractivity (Wildman–Crippen MR) is 81.2 cm³/mol. The summed E-state index contributed by atoms with van der Waals surface area (Å²) in [5.41, 5.74) is 1.44. The van der Waals surface area contributed by atoms with E-state index in [4.69, 9.17) is 0 Å². The summed E-state index contributed by atoms with van der Waals surface area (Å²) in [5, 5.41) is 4.24. The first kappa shape index (κ1) is 16.5. The quantitative estimate of drug-likeness (QED) is 0.861. The Labute approximate surface area is 137 Å². The second kappa shape index (κ2) is 6.26. The number of amides is 1. The molecule has 8 heteroatoms. The van der Waals surface area contributed by atoms with Gasteiger partial charge in [0.05, 0.1) is 5.69 Å². The molecule has 2 aromatic rings. The van der Waals surface area contributed by atoms with Gasteiger partial charge in [-0.15, -0.1) is 0 Å². The lowest BCUT2D eigenvalue weighted by Crippen LogP contribution is -2.49. The van der Waals surface area contributed by atoms with Gasteiger partial charge in [0.2, 0.25) is 0 Å². The molecule has 1 saturated carbocycles. The van der Waals surface area contributed by atoms with E-state index in [9.17, 15) is 18.0 Å². The lowest BCUT2D eigenvalue weighted by molar-refractivity contribution is -0.147. The van der Waals surface area contributed by atoms with Gasteiger partial charge in [-0.25, -0.2) is 0 Å². The van der Waals surface area contributed by atoms with Crippen molar-refractivity contribution in [2.75, 3.05) is 6.54 Å². The van der Waals surface area contributed by atoms with Crippen molar-refractivity contribution in [3.8, 4) is 11.3 Å². The van der Waals surface area contributed by atoms with Crippen LogP contribution in [0.1, 0.15) is 29.8 Å². The number of carbonyl (C=O) groups excluding carboxylic acids is 1. The van der Waals surface area contributed by atoms with Crippen LogP contribution in [0.3, 0.4) is 0 Å². The number of rotatable bonds is 4. The van der Waals surface area contributed by atoms with Crippen LogP contribution < -0.4 is 0 Å². The summed E-state index contributed by atoms with van der Waals surface area (Å²) in [5.74, 6) is -0.632. The maximum Gasteiger partial charge on any atom is 0.406 e. The van der Waals surface area contributed by atoms with Crippen LogP contribution in [0.5, 0.6) is 0 Å². The molecule has 0 saturated heterocycles. The molecule has 0 unspecified atom stereocenters. The predicted octanol–water partition coefficient (Wildman–Crippen LogP) is 3.04. The van der Waals surface area contributed by atoms with Crippen molar-refractivity contribution in [2.24, 2.45) is 7.05 Å². The topological polar surface area (TPSA) is 51.0 Å². The molecule has 24 heavy (non-hydrogen) atoms. The van der Waals surface area contributed by atoms with Crippen molar-refractivity contribution in [3.63, 3.8) is 0 Å². The van der Waals surface area contributed by atoms with Crippen molar-refractivity contribution in [1.29, 1.82) is 0 Å². The lowest BCUT2D eigenvalue weighted by Gasteiger charge is -2.37. The highest BCUT2D eigenvalue weighted by Gasteiger charge is 2.39. The van der Waals surface area contributed by atoms with Gasteiger partial charge in [0.1, 0.15) is 12.2 Å². The molecule has 0 atom stereocenters. The Morgan fingerprint density at radius 3 is 2.54 bits per heavy atom. The second-order valence-electron chi connectivity index (χ2n) is 5.91. The Kier molecular flexibility index (Phi) is 4.29. The molecule has 1 fully saturated rings. The first-order chi connectivity index (χ1) is 11.3. The Balaban J connectivity index is 1.89. The number of pyridine rings is 1. The molecule has 0 aliphatic heterocycles. The molecule has 0 N–H and O–H groups in total. The average molecular weight is 338 g/mol. The van der Waals surface area contributed by atoms with Gasteiger partial charge in [0.15, 0.2) is 0 Å². The van der Waals surface area contributed by atoms with E-state index in [0.29, 0.717) is 18.5 Å². The first-order valence-corrected chi connectivity index (χ1v) is 7.67. The summed E-state index contributed by atoms with van der Waals surface area (Å²) in [6.45, 7) is -1.23. The van der Waals surface area contributed by atoms with Crippen molar-refractivity contribution in [1.82, 2.24) is 19.7 Å². The zero-order chi connectivity index (χ0) is 17.3.